The average Bonchev–Trinajstić information content (AvgIpc) is 1.54. The summed E-state index contributed by atoms with van der Waals surface area (Å²) in [5, 5.41) is 40.3. The lowest BCUT2D eigenvalue weighted by Gasteiger charge is -2.61. The van der Waals surface area contributed by atoms with Gasteiger partial charge in [0.25, 0.3) is 0 Å². The molecule has 0 aromatic carbocycles. The lowest BCUT2D eigenvalue weighted by atomic mass is 9.44. The number of rotatable bonds is 11. The van der Waals surface area contributed by atoms with E-state index < -0.39 is 0 Å². The van der Waals surface area contributed by atoms with Gasteiger partial charge in [-0.3, -0.25) is 0 Å². The number of hydrogen-bond acceptors (Lipinski definition) is 12. The Morgan fingerprint density at radius 1 is 0.365 bits per heavy atom. The van der Waals surface area contributed by atoms with Crippen LogP contribution in [0.25, 0.3) is 0 Å². The van der Waals surface area contributed by atoms with Gasteiger partial charge in [-0.1, -0.05) is 198 Å². The molecular formula is C136H228O12. The average molecular weight is 2060 g/mol. The monoisotopic (exact) mass is 2050 g/mol. The molecule has 8 aliphatic heterocycles. The first-order valence-corrected chi connectivity index (χ1v) is 65.9. The molecule has 26 aliphatic rings. The Labute approximate surface area is 905 Å². The SMILES string of the molecule is CC1=C(CC[C@@H](C)CO)O[C@H]2CC3C4CC[C@H]5C[C@@H](O)CC[C@]5(C)C4CC[C@]3(C)[C@@H]12.CC1C[C@@]2(OC[C@H]1C)O[C@H]1CC3C4CC[C@@H]5C[C@@H](O)CC[C@]5(C)C4CC[C@]3(C)[C@H]1[C@@H]2C.CC[C@H]1CC[C@@H]([C@@H]2C[C@@H]3OC(CCC(C)C)[C@@H](C)[C@@H]3[C@@]2(C)CC)C[C@@]1(C)CC.C[C@H]1CC[C@@]2(OC1)O[C@H]1CC3C4CC[C@@H]5C[C@@H](O)CC[C@]5(C)C4CC[C@]3(C)[C@H]1[C@@H]2C.C[C@H]1CC[C@]2(OC1)O[C@H]1CC3C4CC[C@H]5CCCC[C@]5(C)C4CC[C@]3(C)[C@H]1[C@@H]2C. The summed E-state index contributed by atoms with van der Waals surface area (Å²) >= 11 is 0. The van der Waals surface area contributed by atoms with Gasteiger partial charge in [0.1, 0.15) is 6.10 Å². The predicted molar refractivity (Wildman–Crippen MR) is 597 cm³/mol. The van der Waals surface area contributed by atoms with E-state index in [1.54, 1.807) is 0 Å². The van der Waals surface area contributed by atoms with Crippen LogP contribution in [0, 0.1) is 255 Å². The van der Waals surface area contributed by atoms with Crippen LogP contribution in [0.15, 0.2) is 11.3 Å². The summed E-state index contributed by atoms with van der Waals surface area (Å²) < 4.78 is 53.7. The highest BCUT2D eigenvalue weighted by Gasteiger charge is 2.76. The molecule has 3 spiro atoms. The first-order valence-electron chi connectivity index (χ1n) is 65.9. The van der Waals surface area contributed by atoms with Gasteiger partial charge in [-0.05, 0) is 501 Å². The fraction of sp³-hybridized carbons (Fsp3) is 0.985. The Hall–Kier alpha value is -0.900. The maximum Gasteiger partial charge on any atom is 0.171 e. The molecule has 148 heavy (non-hydrogen) atoms. The minimum absolute atomic E-state index is 0.0389. The van der Waals surface area contributed by atoms with Crippen molar-refractivity contribution in [1.29, 1.82) is 0 Å². The molecule has 0 amide bonds. The quantitative estimate of drug-likeness (QED) is 0.156. The molecule has 4 N–H and O–H groups in total. The van der Waals surface area contributed by atoms with Crippen molar-refractivity contribution < 1.29 is 58.3 Å². The summed E-state index contributed by atoms with van der Waals surface area (Å²) in [6, 6.07) is 0. The van der Waals surface area contributed by atoms with Crippen molar-refractivity contribution in [3.63, 3.8) is 0 Å². The summed E-state index contributed by atoms with van der Waals surface area (Å²) in [4.78, 5) is 0. The Kier molecular flexibility index (Phi) is 31.0. The first kappa shape index (κ1) is 111. The van der Waals surface area contributed by atoms with Crippen molar-refractivity contribution in [2.45, 2.75) is 560 Å². The third-order valence-electron chi connectivity index (χ3n) is 57.5. The lowest BCUT2D eigenvalue weighted by Crippen LogP contribution is -2.55. The van der Waals surface area contributed by atoms with Crippen LogP contribution in [0.5, 0.6) is 0 Å². The van der Waals surface area contributed by atoms with E-state index in [-0.39, 0.29) is 42.3 Å². The van der Waals surface area contributed by atoms with E-state index in [1.165, 1.54) is 255 Å². The van der Waals surface area contributed by atoms with Crippen molar-refractivity contribution in [3.8, 4) is 0 Å². The minimum atomic E-state index is -0.310. The summed E-state index contributed by atoms with van der Waals surface area (Å²) in [7, 11) is 0. The standard InChI is InChI=1S/C28H46O3.2C27H44O3.C27H44O2.C27H50O/c1-16-14-28(30-15-17(16)2)18(3)25-24(31-28)13-23-21-7-6-19-12-20(29)8-10-26(19,4)22(21)9-11-27(23,25)5;1-16-7-12-27(29-15-16)17(2)24-23(30-27)14-22-20-6-5-18-13-19(28)8-10-25(18,3)21(20)9-11-26(22,24)4;1-16(15-28)5-8-23-17(2)25-24(30-23)14-22-20-7-6-18-13-19(29)9-11-26(18,3)21(20)10-12-27(22,25)4;1-17-10-14-27(28-16-17)18(2)24-23(29-27)15-22-20-9-8-19-7-5-6-12-25(19,3)21(20)11-13-26(22,24)4;1-9-21-14-13-20(17-26(21,7)10-2)22-16-24-25(27(22,8)11-3)19(6)23(28-24)15-12-18(4)5/h16-25,29H,6-15H2,1-5H3;16-24,28H,5-15H2,1-4H3;16,18-22,24-25,28-29H,5-15H2,1-4H3;17-24H,5-16H2,1-4H3;18-25H,9-17H2,1-8H3/t16?,17-,18+,19-,20+,21?,22?,23?,24+,25+,26+,27+,28-;16-,17-,18+,19-,20?,21?,22?,23-,24-,25-,26-,27+;16-,18+,19+,20?,21?,22?,24+,25+,26+,27+;17-,18-,19+,20?,21?,22?,23-,24-,25-,26-,27-;19-,20-,21+,22+,23?,24+,25+,26-,27+/m10101/s1. The van der Waals surface area contributed by atoms with E-state index in [2.05, 4.69) is 173 Å². The normalized spacial score (nSPS) is 57.6. The largest absolute Gasteiger partial charge is 0.494 e. The van der Waals surface area contributed by atoms with Gasteiger partial charge in [0, 0.05) is 56.0 Å². The number of hydrogen-bond donors (Lipinski definition) is 4. The van der Waals surface area contributed by atoms with Crippen molar-refractivity contribution in [1.82, 2.24) is 0 Å². The van der Waals surface area contributed by atoms with E-state index in [9.17, 15) is 20.4 Å². The number of aliphatic hydroxyl groups is 4. The van der Waals surface area contributed by atoms with E-state index in [0.29, 0.717) is 156 Å². The second-order valence-electron chi connectivity index (χ2n) is 64.0. The summed E-state index contributed by atoms with van der Waals surface area (Å²) in [6.45, 7) is 65.1. The fourth-order valence-electron chi connectivity index (χ4n) is 48.5. The molecule has 55 atom stereocenters. The lowest BCUT2D eigenvalue weighted by molar-refractivity contribution is -0.282. The molecule has 12 heteroatoms. The van der Waals surface area contributed by atoms with Crippen molar-refractivity contribution >= 4 is 0 Å². The van der Waals surface area contributed by atoms with Crippen molar-refractivity contribution in [2.75, 3.05) is 26.4 Å². The molecule has 7 saturated heterocycles. The Balaban J connectivity index is 0.000000105. The molecule has 12 nitrogen and oxygen atoms in total. The molecule has 18 saturated carbocycles. The van der Waals surface area contributed by atoms with Crippen LogP contribution in [-0.2, 0) is 37.9 Å². The number of allylic oxidation sites excluding steroid dienone is 1. The summed E-state index contributed by atoms with van der Waals surface area (Å²) in [5.74, 6) is 26.6. The van der Waals surface area contributed by atoms with Gasteiger partial charge in [-0.25, -0.2) is 0 Å². The van der Waals surface area contributed by atoms with E-state index in [4.69, 9.17) is 37.9 Å². The number of aliphatic hydroxyl groups excluding tert-OH is 4. The predicted octanol–water partition coefficient (Wildman–Crippen LogP) is 32.5. The third-order valence-corrected chi connectivity index (χ3v) is 57.5. The zero-order chi connectivity index (χ0) is 105. The minimum Gasteiger partial charge on any atom is -0.494 e. The van der Waals surface area contributed by atoms with Gasteiger partial charge < -0.3 is 58.3 Å². The molecule has 8 heterocycles. The number of fused-ring (bicyclic) bond motifs is 29. The Morgan fingerprint density at radius 2 is 0.791 bits per heavy atom. The Bertz CT molecular complexity index is 4560. The van der Waals surface area contributed by atoms with E-state index >= 15 is 0 Å². The molecule has 0 bridgehead atoms. The van der Waals surface area contributed by atoms with Crippen LogP contribution >= 0.6 is 0 Å². The van der Waals surface area contributed by atoms with Gasteiger partial charge in [-0.15, -0.1) is 0 Å². The van der Waals surface area contributed by atoms with Crippen LogP contribution in [0.3, 0.4) is 0 Å². The smallest absolute Gasteiger partial charge is 0.171 e. The fourth-order valence-corrected chi connectivity index (χ4v) is 48.5. The second-order valence-corrected chi connectivity index (χ2v) is 64.0. The van der Waals surface area contributed by atoms with Crippen molar-refractivity contribution in [2.24, 2.45) is 255 Å². The highest BCUT2D eigenvalue weighted by molar-refractivity contribution is 5.28. The summed E-state index contributed by atoms with van der Waals surface area (Å²) in [5.41, 5.74) is 6.36. The van der Waals surface area contributed by atoms with Gasteiger partial charge >= 0.3 is 0 Å². The highest BCUT2D eigenvalue weighted by Crippen LogP contribution is 2.79. The highest BCUT2D eigenvalue weighted by atomic mass is 16.7. The molecule has 0 aromatic heterocycles. The Morgan fingerprint density at radius 3 is 1.23 bits per heavy atom. The van der Waals surface area contributed by atoms with E-state index in [0.717, 1.165) is 227 Å². The van der Waals surface area contributed by atoms with Crippen LogP contribution in [-0.4, -0.2) is 119 Å². The van der Waals surface area contributed by atoms with Crippen LogP contribution in [0.1, 0.15) is 488 Å². The topological polar surface area (TPSA) is 155 Å². The molecule has 18 aliphatic carbocycles. The maximum atomic E-state index is 10.3. The maximum absolute atomic E-state index is 10.3. The first-order chi connectivity index (χ1) is 70.3. The summed E-state index contributed by atoms with van der Waals surface area (Å²) in [6.07, 6.45) is 66.4. The molecule has 14 unspecified atom stereocenters. The molecular weight excluding hydrogens is 1830 g/mol. The van der Waals surface area contributed by atoms with Gasteiger partial charge in [-0.2, -0.15) is 0 Å². The van der Waals surface area contributed by atoms with Crippen LogP contribution in [0.2, 0.25) is 0 Å². The van der Waals surface area contributed by atoms with Crippen molar-refractivity contribution in [3.05, 3.63) is 11.3 Å². The number of ether oxygens (including phenoxy) is 8. The van der Waals surface area contributed by atoms with Crippen LogP contribution < -0.4 is 0 Å². The van der Waals surface area contributed by atoms with Crippen LogP contribution in [0.4, 0.5) is 0 Å². The molecule has 0 aromatic rings. The van der Waals surface area contributed by atoms with Gasteiger partial charge in [0.05, 0.1) is 74.4 Å². The molecule has 26 rings (SSSR count). The van der Waals surface area contributed by atoms with Gasteiger partial charge in [0.15, 0.2) is 17.4 Å². The van der Waals surface area contributed by atoms with E-state index in [1.807, 2.05) is 0 Å². The second kappa shape index (κ2) is 41.2. The molecule has 25 fully saturated rings. The zero-order valence-corrected chi connectivity index (χ0v) is 99.9. The molecule has 844 valence electrons. The third kappa shape index (κ3) is 18.0. The van der Waals surface area contributed by atoms with Gasteiger partial charge in [0.2, 0.25) is 0 Å². The zero-order valence-electron chi connectivity index (χ0n) is 99.9. The molecule has 0 radical (unpaired) electrons.